The van der Waals surface area contributed by atoms with Crippen LogP contribution in [0.5, 0.6) is 0 Å². The second-order valence-electron chi connectivity index (χ2n) is 25.9. The van der Waals surface area contributed by atoms with Crippen LogP contribution in [0.3, 0.4) is 0 Å². The van der Waals surface area contributed by atoms with E-state index in [9.17, 15) is 81.7 Å². The first-order valence-electron chi connectivity index (χ1n) is 28.0. The highest BCUT2D eigenvalue weighted by atomic mass is 16.8. The van der Waals surface area contributed by atoms with Gasteiger partial charge in [0.1, 0.15) is 97.7 Å². The molecule has 4 saturated heterocycles. The Kier molecular flexibility index (Phi) is 19.1. The number of hydrogen-bond donors (Lipinski definition) is 16. The van der Waals surface area contributed by atoms with Gasteiger partial charge in [-0.15, -0.1) is 0 Å². The fraction of sp³-hybridized carbons (Fsp3) is 0.963. The van der Waals surface area contributed by atoms with Gasteiger partial charge in [-0.1, -0.05) is 53.2 Å². The van der Waals surface area contributed by atoms with Crippen LogP contribution in [-0.4, -0.2) is 255 Å². The number of aliphatic hydroxyl groups excluding tert-OH is 15. The highest BCUT2D eigenvalue weighted by Gasteiger charge is 2.70. The molecule has 78 heavy (non-hydrogen) atoms. The van der Waals surface area contributed by atoms with Crippen LogP contribution in [0, 0.1) is 45.3 Å². The van der Waals surface area contributed by atoms with E-state index in [0.717, 1.165) is 18.4 Å². The van der Waals surface area contributed by atoms with Gasteiger partial charge in [-0.2, -0.15) is 0 Å². The summed E-state index contributed by atoms with van der Waals surface area (Å²) < 4.78 is 47.7. The molecule has 7 fully saturated rings. The molecule has 30 atom stereocenters. The molecule has 0 radical (unpaired) electrons. The average Bonchev–Trinajstić information content (AvgIpc) is 3.21. The SMILES string of the molecule is C[C@H](CC[C@@H](O[C@@H]1O[C@H](CO[C@H]2O[C@H](CO)[C@@H](O)[C@H](O)[C@H]2O)[C@@H](O)[C@H](O)[C@H]1O[C@@H]1O[C@H](CO)[C@@H](O)[C@H](O)[C@H]1O)C(C)(C)O)C1CC[C@@]2(C)C3CC=C4C(CC[C@H](O[C@@H]5O[C@H](CO)[C@@H](O)[C@H](O)[C@H]5O)C4(C)C)[C@]3(C)[C@H](O)C[C@]12C. The molecule has 3 saturated carbocycles. The molecule has 8 aliphatic rings. The summed E-state index contributed by atoms with van der Waals surface area (Å²) in [5, 5.41) is 172. The minimum absolute atomic E-state index is 0.00555. The van der Waals surface area contributed by atoms with Gasteiger partial charge in [0.25, 0.3) is 0 Å². The lowest BCUT2D eigenvalue weighted by atomic mass is 9.38. The topological polar surface area (TPSA) is 398 Å². The molecule has 8 rings (SSSR count). The molecule has 0 aromatic rings. The molecule has 0 spiro atoms. The maximum Gasteiger partial charge on any atom is 0.187 e. The molecular weight excluding hydrogens is 1030 g/mol. The van der Waals surface area contributed by atoms with Crippen LogP contribution in [0.4, 0.5) is 0 Å². The first-order valence-corrected chi connectivity index (χ1v) is 28.0. The normalized spacial score (nSPS) is 51.4. The number of fused-ring (bicyclic) bond motifs is 5. The maximum atomic E-state index is 12.7. The van der Waals surface area contributed by atoms with Crippen molar-refractivity contribution in [2.75, 3.05) is 26.4 Å². The zero-order valence-electron chi connectivity index (χ0n) is 46.1. The van der Waals surface area contributed by atoms with Crippen molar-refractivity contribution in [2.24, 2.45) is 45.3 Å². The van der Waals surface area contributed by atoms with Crippen molar-refractivity contribution in [2.45, 2.75) is 253 Å². The summed E-state index contributed by atoms with van der Waals surface area (Å²) >= 11 is 0. The minimum Gasteiger partial charge on any atom is -0.394 e. The van der Waals surface area contributed by atoms with E-state index in [2.05, 4.69) is 47.6 Å². The molecule has 24 nitrogen and oxygen atoms in total. The lowest BCUT2D eigenvalue weighted by molar-refractivity contribution is -0.380. The van der Waals surface area contributed by atoms with Crippen LogP contribution in [0.15, 0.2) is 11.6 Å². The summed E-state index contributed by atoms with van der Waals surface area (Å²) in [5.74, 6) is 0.223. The van der Waals surface area contributed by atoms with E-state index >= 15 is 0 Å². The predicted molar refractivity (Wildman–Crippen MR) is 268 cm³/mol. The average molecular weight is 1130 g/mol. The quantitative estimate of drug-likeness (QED) is 0.0637. The molecule has 0 aromatic carbocycles. The fourth-order valence-corrected chi connectivity index (χ4v) is 15.6. The smallest absolute Gasteiger partial charge is 0.187 e. The van der Waals surface area contributed by atoms with Crippen molar-refractivity contribution in [1.82, 2.24) is 0 Å². The number of hydrogen-bond acceptors (Lipinski definition) is 24. The molecule has 24 heteroatoms. The molecule has 3 unspecified atom stereocenters. The zero-order chi connectivity index (χ0) is 57.5. The summed E-state index contributed by atoms with van der Waals surface area (Å²) in [4.78, 5) is 0. The van der Waals surface area contributed by atoms with Crippen molar-refractivity contribution < 1.29 is 120 Å². The van der Waals surface area contributed by atoms with Crippen molar-refractivity contribution in [3.63, 3.8) is 0 Å². The Morgan fingerprint density at radius 2 is 1.09 bits per heavy atom. The number of allylic oxidation sites excluding steroid dienone is 1. The predicted octanol–water partition coefficient (Wildman–Crippen LogP) is -3.23. The molecule has 452 valence electrons. The number of rotatable bonds is 17. The Hall–Kier alpha value is -1.22. The minimum atomic E-state index is -1.93. The van der Waals surface area contributed by atoms with E-state index in [1.54, 1.807) is 0 Å². The molecule has 0 aromatic heterocycles. The maximum absolute atomic E-state index is 12.7. The zero-order valence-corrected chi connectivity index (χ0v) is 46.1. The van der Waals surface area contributed by atoms with Gasteiger partial charge in [0, 0.05) is 10.8 Å². The van der Waals surface area contributed by atoms with Crippen LogP contribution in [0.25, 0.3) is 0 Å². The van der Waals surface area contributed by atoms with Crippen LogP contribution in [0.2, 0.25) is 0 Å². The summed E-state index contributed by atoms with van der Waals surface area (Å²) in [6, 6.07) is 0. The van der Waals surface area contributed by atoms with Gasteiger partial charge in [-0.3, -0.25) is 0 Å². The number of aliphatic hydroxyl groups is 16. The van der Waals surface area contributed by atoms with Crippen LogP contribution in [-0.2, 0) is 37.9 Å². The Labute approximate surface area is 455 Å². The Balaban J connectivity index is 0.987. The molecule has 0 amide bonds. The monoisotopic (exact) mass is 1120 g/mol. The van der Waals surface area contributed by atoms with Crippen molar-refractivity contribution in [1.29, 1.82) is 0 Å². The third kappa shape index (κ3) is 11.0. The van der Waals surface area contributed by atoms with Crippen LogP contribution in [0.1, 0.15) is 107 Å². The number of ether oxygens (including phenoxy) is 8. The lowest BCUT2D eigenvalue weighted by Gasteiger charge is -2.67. The Morgan fingerprint density at radius 3 is 1.63 bits per heavy atom. The Morgan fingerprint density at radius 1 is 0.590 bits per heavy atom. The highest BCUT2D eigenvalue weighted by Crippen LogP contribution is 2.75. The van der Waals surface area contributed by atoms with Gasteiger partial charge in [-0.25, -0.2) is 0 Å². The van der Waals surface area contributed by atoms with Gasteiger partial charge in [-0.05, 0) is 99.7 Å². The molecule has 16 N–H and O–H groups in total. The van der Waals surface area contributed by atoms with Gasteiger partial charge in [0.15, 0.2) is 25.2 Å². The van der Waals surface area contributed by atoms with E-state index < -0.39 is 184 Å². The lowest BCUT2D eigenvalue weighted by Crippen LogP contribution is -2.65. The summed E-state index contributed by atoms with van der Waals surface area (Å²) in [7, 11) is 0. The van der Waals surface area contributed by atoms with Gasteiger partial charge >= 0.3 is 0 Å². The molecule has 4 heterocycles. The Bertz CT molecular complexity index is 2020. The van der Waals surface area contributed by atoms with Crippen LogP contribution < -0.4 is 0 Å². The summed E-state index contributed by atoms with van der Waals surface area (Å²) in [6.07, 6.45) is -27.6. The van der Waals surface area contributed by atoms with Gasteiger partial charge in [0.2, 0.25) is 0 Å². The summed E-state index contributed by atoms with van der Waals surface area (Å²) in [6.45, 7) is 13.5. The summed E-state index contributed by atoms with van der Waals surface area (Å²) in [5.41, 5.74) is -2.07. The third-order valence-electron chi connectivity index (χ3n) is 20.8. The van der Waals surface area contributed by atoms with E-state index in [1.807, 2.05) is 0 Å². The van der Waals surface area contributed by atoms with Crippen molar-refractivity contribution in [3.8, 4) is 0 Å². The first-order chi connectivity index (χ1) is 36.4. The van der Waals surface area contributed by atoms with Crippen molar-refractivity contribution in [3.05, 3.63) is 11.6 Å². The van der Waals surface area contributed by atoms with E-state index in [0.29, 0.717) is 32.1 Å². The standard InChI is InChI=1S/C54H92O24/c1-22(23-15-16-52(6)30-12-10-24-25(54(30,8)31(58)17-53(23,52)7)11-14-32(50(24,2)3)76-47-43(68)39(64)35(60)27(19-56)73-47)9-13-33(51(4,5)70)77-49-45(78-48-44(69)40(65)36(61)28(20-57)74-48)41(66)37(62)29(75-49)21-71-46-42(67)38(63)34(59)26(18-55)72-46/h10,22-23,25-49,55-70H,9,11-21H2,1-8H3/t22-,23?,25?,26-,27-,28-,29-,30?,31-,32+,33-,34-,35-,36-,37-,38+,39+,40+,41+,42-,43-,44-,45-,46+,47+,48+,49+,52+,53-,54+/m1/s1. The van der Waals surface area contributed by atoms with E-state index in [4.69, 9.17) is 37.9 Å². The van der Waals surface area contributed by atoms with Crippen LogP contribution >= 0.6 is 0 Å². The fourth-order valence-electron chi connectivity index (χ4n) is 15.6. The van der Waals surface area contributed by atoms with E-state index in [-0.39, 0.29) is 40.9 Å². The van der Waals surface area contributed by atoms with Gasteiger partial charge < -0.3 is 120 Å². The molecular formula is C54H92O24. The molecule has 0 bridgehead atoms. The molecule has 4 aliphatic carbocycles. The third-order valence-corrected chi connectivity index (χ3v) is 20.8. The second kappa shape index (κ2) is 23.7. The second-order valence-corrected chi connectivity index (χ2v) is 25.9. The molecule has 4 aliphatic heterocycles. The van der Waals surface area contributed by atoms with Crippen molar-refractivity contribution >= 4 is 0 Å². The van der Waals surface area contributed by atoms with E-state index in [1.165, 1.54) is 13.8 Å². The highest BCUT2D eigenvalue weighted by molar-refractivity contribution is 5.32. The largest absolute Gasteiger partial charge is 0.394 e. The van der Waals surface area contributed by atoms with Gasteiger partial charge in [0.05, 0.1) is 50.3 Å². The first kappa shape index (κ1) is 62.8.